The largest absolute Gasteiger partial charge is 0.281 e. The van der Waals surface area contributed by atoms with Gasteiger partial charge in [-0.25, -0.2) is 0 Å². The molecule has 1 aromatic carbocycles. The molecule has 0 amide bonds. The molecule has 0 saturated carbocycles. The van der Waals surface area contributed by atoms with Crippen LogP contribution in [-0.4, -0.2) is 25.5 Å². The maximum absolute atomic E-state index is 4.73. The predicted molar refractivity (Wildman–Crippen MR) is 74.7 cm³/mol. The molecule has 0 spiro atoms. The lowest BCUT2D eigenvalue weighted by Crippen LogP contribution is -2.25. The molecule has 3 heteroatoms. The van der Waals surface area contributed by atoms with Crippen LogP contribution in [0.4, 0.5) is 0 Å². The highest BCUT2D eigenvalue weighted by molar-refractivity contribution is 8.13. The van der Waals surface area contributed by atoms with Crippen molar-refractivity contribution < 1.29 is 0 Å². The second-order valence-electron chi connectivity index (χ2n) is 4.75. The summed E-state index contributed by atoms with van der Waals surface area (Å²) in [5, 5.41) is 1.16. The quantitative estimate of drug-likeness (QED) is 0.444. The van der Waals surface area contributed by atoms with Crippen molar-refractivity contribution in [3.05, 3.63) is 35.9 Å². The average Bonchev–Trinajstić information content (AvgIpc) is 2.19. The van der Waals surface area contributed by atoms with E-state index in [1.807, 2.05) is 6.07 Å². The number of nitrogens with zero attached hydrogens (tertiary/aromatic N) is 1. The van der Waals surface area contributed by atoms with E-state index in [1.165, 1.54) is 5.56 Å². The Morgan fingerprint density at radius 2 is 1.80 bits per heavy atom. The molecule has 0 bridgehead atoms. The van der Waals surface area contributed by atoms with Gasteiger partial charge in [-0.15, -0.1) is 11.8 Å². The summed E-state index contributed by atoms with van der Waals surface area (Å²) < 4.78 is 0. The zero-order valence-electron chi connectivity index (χ0n) is 9.95. The van der Waals surface area contributed by atoms with Crippen LogP contribution in [0.5, 0.6) is 0 Å². The fourth-order valence-electron chi connectivity index (χ4n) is 1.16. The average molecular weight is 237 g/mol. The summed E-state index contributed by atoms with van der Waals surface area (Å²) in [6, 6.07) is 10.4. The van der Waals surface area contributed by atoms with Crippen LogP contribution >= 0.6 is 11.8 Å². The van der Waals surface area contributed by atoms with E-state index in [0.717, 1.165) is 11.2 Å². The molecule has 0 atom stereocenters. The van der Waals surface area contributed by atoms with Crippen LogP contribution in [0.15, 0.2) is 35.3 Å². The van der Waals surface area contributed by atoms with Crippen LogP contribution in [0.2, 0.25) is 19.6 Å². The summed E-state index contributed by atoms with van der Waals surface area (Å²) >= 11 is 1.74. The van der Waals surface area contributed by atoms with Crippen molar-refractivity contribution in [2.24, 2.45) is 4.99 Å². The lowest BCUT2D eigenvalue weighted by Gasteiger charge is -2.13. The first-order chi connectivity index (χ1) is 7.03. The Hall–Kier alpha value is -0.543. The molecule has 0 unspecified atom stereocenters. The van der Waals surface area contributed by atoms with E-state index >= 15 is 0 Å². The summed E-state index contributed by atoms with van der Waals surface area (Å²) in [5.41, 5.74) is 1.24. The first-order valence-electron chi connectivity index (χ1n) is 5.17. The Morgan fingerprint density at radius 1 is 1.20 bits per heavy atom. The van der Waals surface area contributed by atoms with Gasteiger partial charge < -0.3 is 0 Å². The zero-order chi connectivity index (χ0) is 11.3. The van der Waals surface area contributed by atoms with Gasteiger partial charge in [-0.1, -0.05) is 50.0 Å². The van der Waals surface area contributed by atoms with E-state index in [4.69, 9.17) is 4.99 Å². The monoisotopic (exact) mass is 237 g/mol. The number of hydrogen-bond acceptors (Lipinski definition) is 2. The molecule has 0 heterocycles. The minimum atomic E-state index is -1.07. The van der Waals surface area contributed by atoms with Crippen molar-refractivity contribution in [1.29, 1.82) is 0 Å². The first-order valence-corrected chi connectivity index (χ1v) is 10.1. The molecule has 0 saturated heterocycles. The fourth-order valence-corrected chi connectivity index (χ4v) is 2.48. The van der Waals surface area contributed by atoms with Crippen LogP contribution < -0.4 is 0 Å². The van der Waals surface area contributed by atoms with E-state index in [9.17, 15) is 0 Å². The van der Waals surface area contributed by atoms with E-state index in [-0.39, 0.29) is 0 Å². The Balaban J connectivity index is 2.81. The molecule has 1 rings (SSSR count). The van der Waals surface area contributed by atoms with Gasteiger partial charge >= 0.3 is 0 Å². The van der Waals surface area contributed by atoms with Crippen molar-refractivity contribution in [3.8, 4) is 0 Å². The van der Waals surface area contributed by atoms with Crippen LogP contribution in [0.3, 0.4) is 0 Å². The molecule has 0 fully saturated rings. The van der Waals surface area contributed by atoms with Crippen molar-refractivity contribution in [1.82, 2.24) is 0 Å². The molecular weight excluding hydrogens is 218 g/mol. The van der Waals surface area contributed by atoms with Crippen molar-refractivity contribution >= 4 is 24.9 Å². The van der Waals surface area contributed by atoms with Crippen LogP contribution in [0.25, 0.3) is 0 Å². The van der Waals surface area contributed by atoms with Crippen molar-refractivity contribution in [2.75, 3.05) is 12.4 Å². The normalized spacial score (nSPS) is 12.9. The minimum Gasteiger partial charge on any atom is -0.281 e. The molecule has 0 aromatic heterocycles. The van der Waals surface area contributed by atoms with E-state index in [0.29, 0.717) is 0 Å². The van der Waals surface area contributed by atoms with Gasteiger partial charge in [-0.05, 0) is 6.26 Å². The van der Waals surface area contributed by atoms with Gasteiger partial charge in [0, 0.05) is 11.7 Å². The maximum Gasteiger partial charge on any atom is 0.0970 e. The SMILES string of the molecule is CSC(=NC[Si](C)(C)C)c1ccccc1. The third-order valence-corrected chi connectivity index (χ3v) is 3.77. The summed E-state index contributed by atoms with van der Waals surface area (Å²) in [7, 11) is -1.07. The number of aliphatic imine (C=N–C) groups is 1. The Bertz CT molecular complexity index is 327. The van der Waals surface area contributed by atoms with Gasteiger partial charge in [0.15, 0.2) is 0 Å². The zero-order valence-corrected chi connectivity index (χ0v) is 11.8. The molecule has 1 aromatic rings. The summed E-state index contributed by atoms with van der Waals surface area (Å²) in [6.07, 6.45) is 3.11. The molecule has 0 aliphatic rings. The summed E-state index contributed by atoms with van der Waals surface area (Å²) in [6.45, 7) is 7.04. The second kappa shape index (κ2) is 5.52. The van der Waals surface area contributed by atoms with Gasteiger partial charge in [-0.3, -0.25) is 4.99 Å². The topological polar surface area (TPSA) is 12.4 Å². The highest BCUT2D eigenvalue weighted by Gasteiger charge is 2.12. The van der Waals surface area contributed by atoms with E-state index < -0.39 is 8.07 Å². The molecule has 0 N–H and O–H groups in total. The molecule has 82 valence electrons. The van der Waals surface area contributed by atoms with Crippen LogP contribution in [0, 0.1) is 0 Å². The highest BCUT2D eigenvalue weighted by Crippen LogP contribution is 2.12. The number of rotatable bonds is 3. The molecule has 0 aliphatic heterocycles. The van der Waals surface area contributed by atoms with E-state index in [2.05, 4.69) is 50.2 Å². The predicted octanol–water partition coefficient (Wildman–Crippen LogP) is 3.67. The molecule has 15 heavy (non-hydrogen) atoms. The summed E-state index contributed by atoms with van der Waals surface area (Å²) in [5.74, 6) is 0. The third kappa shape index (κ3) is 4.67. The first kappa shape index (κ1) is 12.5. The Morgan fingerprint density at radius 3 is 2.27 bits per heavy atom. The molecule has 0 aliphatic carbocycles. The van der Waals surface area contributed by atoms with Gasteiger partial charge in [-0.2, -0.15) is 0 Å². The number of benzene rings is 1. The fraction of sp³-hybridized carbons (Fsp3) is 0.417. The van der Waals surface area contributed by atoms with Crippen molar-refractivity contribution in [3.63, 3.8) is 0 Å². The smallest absolute Gasteiger partial charge is 0.0970 e. The Labute approximate surface area is 98.0 Å². The van der Waals surface area contributed by atoms with Gasteiger partial charge in [0.05, 0.1) is 13.1 Å². The standard InChI is InChI=1S/C12H19NSSi/c1-14-12(13-10-15(2,3)4)11-8-6-5-7-9-11/h5-9H,10H2,1-4H3. The Kier molecular flexibility index (Phi) is 4.61. The van der Waals surface area contributed by atoms with Crippen LogP contribution in [-0.2, 0) is 0 Å². The van der Waals surface area contributed by atoms with Crippen LogP contribution in [0.1, 0.15) is 5.56 Å². The van der Waals surface area contributed by atoms with Crippen molar-refractivity contribution in [2.45, 2.75) is 19.6 Å². The maximum atomic E-state index is 4.73. The summed E-state index contributed by atoms with van der Waals surface area (Å²) in [4.78, 5) is 4.73. The number of hydrogen-bond donors (Lipinski definition) is 0. The van der Waals surface area contributed by atoms with Gasteiger partial charge in [0.1, 0.15) is 0 Å². The second-order valence-corrected chi connectivity index (χ2v) is 11.0. The number of thioether (sulfide) groups is 1. The third-order valence-electron chi connectivity index (χ3n) is 1.91. The molecule has 0 radical (unpaired) electrons. The molecular formula is C12H19NSSi. The highest BCUT2D eigenvalue weighted by atomic mass is 32.2. The van der Waals surface area contributed by atoms with E-state index in [1.54, 1.807) is 11.8 Å². The lowest BCUT2D eigenvalue weighted by atomic mass is 10.2. The minimum absolute atomic E-state index is 1.01. The lowest BCUT2D eigenvalue weighted by molar-refractivity contribution is 1.29. The molecule has 1 nitrogen and oxygen atoms in total. The van der Waals surface area contributed by atoms with Gasteiger partial charge in [0.2, 0.25) is 0 Å². The van der Waals surface area contributed by atoms with Gasteiger partial charge in [0.25, 0.3) is 0 Å².